The Hall–Kier alpha value is -2.55. The van der Waals surface area contributed by atoms with E-state index < -0.39 is 32.5 Å². The van der Waals surface area contributed by atoms with E-state index in [1.165, 1.54) is 51.4 Å². The Morgan fingerprint density at radius 2 is 1.00 bits per heavy atom. The molecule has 0 aromatic heterocycles. The number of hydrogen-bond acceptors (Lipinski definition) is 8. The third kappa shape index (κ3) is 40.9. The number of ether oxygens (including phenoxy) is 2. The van der Waals surface area contributed by atoms with Crippen LogP contribution >= 0.6 is 7.82 Å². The summed E-state index contributed by atoms with van der Waals surface area (Å²) in [6.07, 6.45) is 49.3. The van der Waals surface area contributed by atoms with Crippen molar-refractivity contribution in [1.82, 2.24) is 0 Å². The van der Waals surface area contributed by atoms with Crippen LogP contribution < -0.4 is 5.73 Å². The molecule has 0 fully saturated rings. The fourth-order valence-corrected chi connectivity index (χ4v) is 6.14. The number of carbonyl (C=O) groups excluding carboxylic acids is 2. The van der Waals surface area contributed by atoms with Gasteiger partial charge >= 0.3 is 19.8 Å². The van der Waals surface area contributed by atoms with Crippen molar-refractivity contribution in [2.24, 2.45) is 5.73 Å². The van der Waals surface area contributed by atoms with Gasteiger partial charge in [-0.2, -0.15) is 0 Å². The third-order valence-electron chi connectivity index (χ3n) is 8.59. The summed E-state index contributed by atoms with van der Waals surface area (Å²) in [7, 11) is -4.39. The van der Waals surface area contributed by atoms with E-state index in [9.17, 15) is 19.0 Å². The molecule has 0 spiro atoms. The Balaban J connectivity index is 4.28. The number of esters is 2. The van der Waals surface area contributed by atoms with Gasteiger partial charge in [0.25, 0.3) is 0 Å². The van der Waals surface area contributed by atoms with Gasteiger partial charge < -0.3 is 20.1 Å². The predicted octanol–water partition coefficient (Wildman–Crippen LogP) is 12.3. The molecule has 0 heterocycles. The van der Waals surface area contributed by atoms with Crippen LogP contribution in [-0.4, -0.2) is 49.3 Å². The minimum atomic E-state index is -4.39. The zero-order chi connectivity index (χ0) is 40.3. The average Bonchev–Trinajstić information content (AvgIpc) is 3.17. The molecule has 0 aromatic rings. The number of hydrogen-bond donors (Lipinski definition) is 2. The number of nitrogens with two attached hydrogens (primary N) is 1. The molecule has 3 N–H and O–H groups in total. The van der Waals surface area contributed by atoms with Crippen LogP contribution in [0.15, 0.2) is 72.9 Å². The molecule has 0 aliphatic rings. The molecular weight excluding hydrogens is 713 g/mol. The number of phosphoric ester groups is 1. The maximum atomic E-state index is 12.6. The van der Waals surface area contributed by atoms with E-state index in [0.29, 0.717) is 12.8 Å². The van der Waals surface area contributed by atoms with Crippen molar-refractivity contribution >= 4 is 19.8 Å². The molecule has 1 unspecified atom stereocenters. The van der Waals surface area contributed by atoms with Gasteiger partial charge in [0.1, 0.15) is 6.61 Å². The zero-order valence-electron chi connectivity index (χ0n) is 34.6. The quantitative estimate of drug-likeness (QED) is 0.0205. The second-order valence-corrected chi connectivity index (χ2v) is 15.3. The molecule has 9 nitrogen and oxygen atoms in total. The van der Waals surface area contributed by atoms with Gasteiger partial charge in [-0.1, -0.05) is 145 Å². The van der Waals surface area contributed by atoms with Gasteiger partial charge in [-0.3, -0.25) is 18.6 Å². The Bertz CT molecular complexity index is 1130. The predicted molar refractivity (Wildman–Crippen MR) is 229 cm³/mol. The summed E-state index contributed by atoms with van der Waals surface area (Å²) in [6.45, 7) is 3.61. The highest BCUT2D eigenvalue weighted by Crippen LogP contribution is 2.43. The van der Waals surface area contributed by atoms with Gasteiger partial charge in [-0.15, -0.1) is 0 Å². The lowest BCUT2D eigenvalue weighted by molar-refractivity contribution is -0.161. The van der Waals surface area contributed by atoms with E-state index in [2.05, 4.69) is 86.8 Å². The van der Waals surface area contributed by atoms with Crippen molar-refractivity contribution in [2.75, 3.05) is 26.4 Å². The van der Waals surface area contributed by atoms with Crippen molar-refractivity contribution in [3.63, 3.8) is 0 Å². The summed E-state index contributed by atoms with van der Waals surface area (Å²) in [4.78, 5) is 34.8. The lowest BCUT2D eigenvalue weighted by Gasteiger charge is -2.19. The van der Waals surface area contributed by atoms with Gasteiger partial charge in [0.15, 0.2) is 6.10 Å². The molecule has 0 saturated carbocycles. The van der Waals surface area contributed by atoms with Crippen LogP contribution in [0, 0.1) is 0 Å². The standard InChI is InChI=1S/C45H78NO8P/c1-3-5-7-9-11-13-15-17-19-20-21-22-24-26-28-30-32-34-36-38-45(48)54-43(42-53-55(49,50)52-40-39-46)41-51-44(47)37-35-33-31-29-27-25-23-18-16-14-12-10-8-6-4-2/h11,13-14,16-19,21-23,26,28,43H,3-10,12,15,20,24-25,27,29-42,46H2,1-2H3,(H,49,50)/b13-11+,16-14+,19-17+,22-21+,23-18+,28-26+/t43-/m1/s1. The molecule has 55 heavy (non-hydrogen) atoms. The van der Waals surface area contributed by atoms with Crippen LogP contribution in [0.3, 0.4) is 0 Å². The van der Waals surface area contributed by atoms with Crippen molar-refractivity contribution in [2.45, 2.75) is 174 Å². The van der Waals surface area contributed by atoms with Crippen LogP contribution in [0.5, 0.6) is 0 Å². The molecule has 316 valence electrons. The number of carbonyl (C=O) groups is 2. The molecule has 0 aromatic carbocycles. The summed E-state index contributed by atoms with van der Waals surface area (Å²) in [5.74, 6) is -0.889. The summed E-state index contributed by atoms with van der Waals surface area (Å²) in [5, 5.41) is 0. The lowest BCUT2D eigenvalue weighted by atomic mass is 10.1. The third-order valence-corrected chi connectivity index (χ3v) is 9.58. The number of allylic oxidation sites excluding steroid dienone is 12. The molecule has 0 saturated heterocycles. The maximum absolute atomic E-state index is 12.6. The van der Waals surface area contributed by atoms with E-state index >= 15 is 0 Å². The largest absolute Gasteiger partial charge is 0.472 e. The first-order valence-electron chi connectivity index (χ1n) is 21.4. The molecule has 0 aliphatic carbocycles. The molecular formula is C45H78NO8P. The van der Waals surface area contributed by atoms with Crippen LogP contribution in [0.25, 0.3) is 0 Å². The van der Waals surface area contributed by atoms with Gasteiger partial charge in [0, 0.05) is 19.4 Å². The summed E-state index contributed by atoms with van der Waals surface area (Å²) in [6, 6.07) is 0. The van der Waals surface area contributed by atoms with E-state index in [4.69, 9.17) is 24.3 Å². The van der Waals surface area contributed by atoms with Crippen LogP contribution in [-0.2, 0) is 32.7 Å². The van der Waals surface area contributed by atoms with Gasteiger partial charge in [0.05, 0.1) is 13.2 Å². The lowest BCUT2D eigenvalue weighted by Crippen LogP contribution is -2.29. The van der Waals surface area contributed by atoms with Gasteiger partial charge in [-0.25, -0.2) is 4.57 Å². The number of rotatable bonds is 39. The van der Waals surface area contributed by atoms with Gasteiger partial charge in [0.2, 0.25) is 0 Å². The average molecular weight is 792 g/mol. The Morgan fingerprint density at radius 1 is 0.564 bits per heavy atom. The molecule has 2 atom stereocenters. The second-order valence-electron chi connectivity index (χ2n) is 13.9. The first-order valence-corrected chi connectivity index (χ1v) is 22.9. The van der Waals surface area contributed by atoms with Crippen molar-refractivity contribution < 1.29 is 37.6 Å². The summed E-state index contributed by atoms with van der Waals surface area (Å²) >= 11 is 0. The highest BCUT2D eigenvalue weighted by molar-refractivity contribution is 7.47. The fraction of sp³-hybridized carbons (Fsp3) is 0.689. The van der Waals surface area contributed by atoms with Crippen molar-refractivity contribution in [3.05, 3.63) is 72.9 Å². The zero-order valence-corrected chi connectivity index (χ0v) is 35.5. The Kier molecular flexibility index (Phi) is 39.2. The topological polar surface area (TPSA) is 134 Å². The molecule has 0 bridgehead atoms. The normalized spacial score (nSPS) is 14.0. The minimum absolute atomic E-state index is 0.0420. The summed E-state index contributed by atoms with van der Waals surface area (Å²) < 4.78 is 32.7. The van der Waals surface area contributed by atoms with Crippen LogP contribution in [0.1, 0.15) is 168 Å². The fourth-order valence-electron chi connectivity index (χ4n) is 5.37. The highest BCUT2D eigenvalue weighted by atomic mass is 31.2. The monoisotopic (exact) mass is 792 g/mol. The first kappa shape index (κ1) is 52.5. The number of unbranched alkanes of at least 4 members (excludes halogenated alkanes) is 15. The SMILES string of the molecule is CCCCC/C=C/C/C=C/C/C=C/C/C=C/CCCCCC(=O)O[C@H](COC(=O)CCCCCCC/C=C/C=C/CCCCCC)COP(=O)(O)OCCN. The van der Waals surface area contributed by atoms with E-state index in [1.54, 1.807) is 0 Å². The number of phosphoric acid groups is 1. The highest BCUT2D eigenvalue weighted by Gasteiger charge is 2.25. The van der Waals surface area contributed by atoms with Crippen molar-refractivity contribution in [3.8, 4) is 0 Å². The van der Waals surface area contributed by atoms with E-state index in [0.717, 1.165) is 77.0 Å². The maximum Gasteiger partial charge on any atom is 0.472 e. The first-order chi connectivity index (χ1) is 26.8. The molecule has 10 heteroatoms. The Labute approximate surface area is 335 Å². The smallest absolute Gasteiger partial charge is 0.462 e. The summed E-state index contributed by atoms with van der Waals surface area (Å²) in [5.41, 5.74) is 5.34. The molecule has 0 amide bonds. The molecule has 0 radical (unpaired) electrons. The van der Waals surface area contributed by atoms with E-state index in [1.807, 2.05) is 0 Å². The minimum Gasteiger partial charge on any atom is -0.462 e. The van der Waals surface area contributed by atoms with Crippen LogP contribution in [0.2, 0.25) is 0 Å². The van der Waals surface area contributed by atoms with Gasteiger partial charge in [-0.05, 0) is 83.5 Å². The Morgan fingerprint density at radius 3 is 1.56 bits per heavy atom. The molecule has 0 aliphatic heterocycles. The van der Waals surface area contributed by atoms with Crippen LogP contribution in [0.4, 0.5) is 0 Å². The van der Waals surface area contributed by atoms with E-state index in [-0.39, 0.29) is 32.6 Å². The second kappa shape index (κ2) is 41.1. The molecule has 0 rings (SSSR count). The van der Waals surface area contributed by atoms with Crippen molar-refractivity contribution in [1.29, 1.82) is 0 Å².